The third-order valence-corrected chi connectivity index (χ3v) is 4.39. The number of rotatable bonds is 10. The second kappa shape index (κ2) is 11.1. The van der Waals surface area contributed by atoms with E-state index in [2.05, 4.69) is 6.58 Å². The maximum absolute atomic E-state index is 10.6. The first-order chi connectivity index (χ1) is 13.5. The number of ether oxygens (including phenoxy) is 1. The second-order valence-electron chi connectivity index (χ2n) is 6.65. The van der Waals surface area contributed by atoms with E-state index in [1.807, 2.05) is 55.5 Å². The lowest BCUT2D eigenvalue weighted by Gasteiger charge is -2.18. The molecular weight excluding hydrogens is 352 g/mol. The van der Waals surface area contributed by atoms with Gasteiger partial charge < -0.3 is 20.1 Å². The van der Waals surface area contributed by atoms with Crippen molar-refractivity contribution in [1.82, 2.24) is 0 Å². The first-order valence-electron chi connectivity index (χ1n) is 9.31. The van der Waals surface area contributed by atoms with E-state index in [0.717, 1.165) is 16.9 Å². The molecule has 1 atom stereocenters. The average molecular weight is 380 g/mol. The summed E-state index contributed by atoms with van der Waals surface area (Å²) in [5.74, 6) is 0.956. The molecule has 4 heteroatoms. The van der Waals surface area contributed by atoms with E-state index in [9.17, 15) is 15.3 Å². The fraction of sp³-hybridized carbons (Fsp3) is 0.250. The van der Waals surface area contributed by atoms with Crippen molar-refractivity contribution in [3.8, 4) is 11.5 Å². The normalized spacial score (nSPS) is 13.2. The molecule has 1 unspecified atom stereocenters. The Labute approximate surface area is 166 Å². The summed E-state index contributed by atoms with van der Waals surface area (Å²) in [5.41, 5.74) is 3.01. The highest BCUT2D eigenvalue weighted by Gasteiger charge is 2.15. The van der Waals surface area contributed by atoms with Gasteiger partial charge in [-0.1, -0.05) is 60.7 Å². The van der Waals surface area contributed by atoms with Crippen molar-refractivity contribution < 1.29 is 20.1 Å². The van der Waals surface area contributed by atoms with Gasteiger partial charge >= 0.3 is 0 Å². The molecule has 0 spiro atoms. The number of aliphatic hydroxyl groups is 2. The molecule has 0 heterocycles. The van der Waals surface area contributed by atoms with E-state index in [1.54, 1.807) is 18.2 Å². The quantitative estimate of drug-likeness (QED) is 0.531. The molecule has 0 aliphatic rings. The minimum atomic E-state index is -0.758. The molecule has 148 valence electrons. The third-order valence-electron chi connectivity index (χ3n) is 4.39. The van der Waals surface area contributed by atoms with E-state index in [0.29, 0.717) is 24.0 Å². The molecule has 0 fully saturated rings. The first-order valence-corrected chi connectivity index (χ1v) is 9.31. The van der Waals surface area contributed by atoms with Gasteiger partial charge in [-0.3, -0.25) is 0 Å². The Morgan fingerprint density at radius 2 is 1.79 bits per heavy atom. The number of hydrogen-bond donors (Lipinski definition) is 3. The molecule has 2 aromatic rings. The van der Waals surface area contributed by atoms with Gasteiger partial charge in [-0.25, -0.2) is 0 Å². The summed E-state index contributed by atoms with van der Waals surface area (Å²) in [6, 6.07) is 16.5. The van der Waals surface area contributed by atoms with Crippen molar-refractivity contribution in [1.29, 1.82) is 0 Å². The summed E-state index contributed by atoms with van der Waals surface area (Å²) in [7, 11) is 0. The van der Waals surface area contributed by atoms with Crippen molar-refractivity contribution in [3.63, 3.8) is 0 Å². The molecule has 0 amide bonds. The van der Waals surface area contributed by atoms with Crippen LogP contribution in [0.15, 0.2) is 84.0 Å². The van der Waals surface area contributed by atoms with Crippen LogP contribution in [0.5, 0.6) is 11.5 Å². The van der Waals surface area contributed by atoms with Gasteiger partial charge in [-0.2, -0.15) is 0 Å². The third kappa shape index (κ3) is 6.72. The van der Waals surface area contributed by atoms with Crippen molar-refractivity contribution in [3.05, 3.63) is 89.5 Å². The Kier molecular flexibility index (Phi) is 8.53. The van der Waals surface area contributed by atoms with Crippen molar-refractivity contribution in [2.75, 3.05) is 13.2 Å². The van der Waals surface area contributed by atoms with Crippen molar-refractivity contribution >= 4 is 6.08 Å². The van der Waals surface area contributed by atoms with Crippen molar-refractivity contribution in [2.24, 2.45) is 0 Å². The van der Waals surface area contributed by atoms with E-state index in [4.69, 9.17) is 4.74 Å². The molecule has 0 aromatic heterocycles. The number of aromatic hydroxyl groups is 1. The summed E-state index contributed by atoms with van der Waals surface area (Å²) in [4.78, 5) is 0. The fourth-order valence-electron chi connectivity index (χ4n) is 2.85. The van der Waals surface area contributed by atoms with Crippen LogP contribution in [0, 0.1) is 0 Å². The van der Waals surface area contributed by atoms with Crippen LogP contribution in [0.4, 0.5) is 0 Å². The first kappa shape index (κ1) is 21.5. The Morgan fingerprint density at radius 1 is 1.11 bits per heavy atom. The lowest BCUT2D eigenvalue weighted by atomic mass is 9.96. The van der Waals surface area contributed by atoms with E-state index >= 15 is 0 Å². The molecule has 0 saturated carbocycles. The summed E-state index contributed by atoms with van der Waals surface area (Å²) in [5, 5.41) is 29.8. The van der Waals surface area contributed by atoms with Crippen LogP contribution < -0.4 is 4.74 Å². The smallest absolute Gasteiger partial charge is 0.122 e. The zero-order valence-corrected chi connectivity index (χ0v) is 16.2. The average Bonchev–Trinajstić information content (AvgIpc) is 2.71. The van der Waals surface area contributed by atoms with Gasteiger partial charge in [0.1, 0.15) is 18.1 Å². The zero-order chi connectivity index (χ0) is 20.4. The van der Waals surface area contributed by atoms with E-state index in [1.165, 1.54) is 0 Å². The second-order valence-corrected chi connectivity index (χ2v) is 6.65. The molecule has 0 bridgehead atoms. The Balaban J connectivity index is 1.94. The molecule has 28 heavy (non-hydrogen) atoms. The standard InChI is InChI=1S/C24H28O4/c1-18(16-20-8-6-7-11-23(20)26)12-13-24(27)22(14-15-25)19(2)17-28-21-9-4-3-5-10-21/h3-11,14,16,24-27H,2,12-13,15,17H2,1H3/b18-16+,22-14-. The molecule has 0 radical (unpaired) electrons. The number of phenols is 1. The van der Waals surface area contributed by atoms with Crippen LogP contribution >= 0.6 is 0 Å². The Morgan fingerprint density at radius 3 is 2.46 bits per heavy atom. The number of allylic oxidation sites excluding steroid dienone is 1. The maximum Gasteiger partial charge on any atom is 0.122 e. The van der Waals surface area contributed by atoms with Gasteiger partial charge in [-0.05, 0) is 49.1 Å². The van der Waals surface area contributed by atoms with Gasteiger partial charge in [-0.15, -0.1) is 0 Å². The molecule has 0 aliphatic heterocycles. The molecule has 0 aliphatic carbocycles. The van der Waals surface area contributed by atoms with Crippen LogP contribution in [0.2, 0.25) is 0 Å². The van der Waals surface area contributed by atoms with Gasteiger partial charge in [0.25, 0.3) is 0 Å². The fourth-order valence-corrected chi connectivity index (χ4v) is 2.85. The molecular formula is C24H28O4. The lowest BCUT2D eigenvalue weighted by molar-refractivity contribution is 0.198. The number of phenolic OH excluding ortho intramolecular Hbond substituents is 1. The summed E-state index contributed by atoms with van der Waals surface area (Å²) in [6.45, 7) is 6.02. The predicted molar refractivity (Wildman–Crippen MR) is 113 cm³/mol. The molecule has 3 N–H and O–H groups in total. The van der Waals surface area contributed by atoms with Crippen LogP contribution in [0.1, 0.15) is 25.3 Å². The van der Waals surface area contributed by atoms with Crippen molar-refractivity contribution in [2.45, 2.75) is 25.9 Å². The number of hydrogen-bond acceptors (Lipinski definition) is 4. The Hall–Kier alpha value is -2.82. The van der Waals surface area contributed by atoms with Crippen LogP contribution in [-0.4, -0.2) is 34.6 Å². The van der Waals surface area contributed by atoms with Crippen LogP contribution in [-0.2, 0) is 0 Å². The monoisotopic (exact) mass is 380 g/mol. The molecule has 2 rings (SSSR count). The predicted octanol–water partition coefficient (Wildman–Crippen LogP) is 4.49. The van der Waals surface area contributed by atoms with E-state index < -0.39 is 6.10 Å². The van der Waals surface area contributed by atoms with Gasteiger partial charge in [0, 0.05) is 5.56 Å². The van der Waals surface area contributed by atoms with Gasteiger partial charge in [0.15, 0.2) is 0 Å². The lowest BCUT2D eigenvalue weighted by Crippen LogP contribution is -2.16. The van der Waals surface area contributed by atoms with Crippen LogP contribution in [0.25, 0.3) is 6.08 Å². The highest BCUT2D eigenvalue weighted by atomic mass is 16.5. The number of aliphatic hydroxyl groups excluding tert-OH is 2. The summed E-state index contributed by atoms with van der Waals surface area (Å²) < 4.78 is 5.69. The van der Waals surface area contributed by atoms with Gasteiger partial charge in [0.2, 0.25) is 0 Å². The SMILES string of the molecule is C=C(COc1ccccc1)/C(=C/CO)C(O)CC/C(C)=C/c1ccccc1O. The van der Waals surface area contributed by atoms with Crippen LogP contribution in [0.3, 0.4) is 0 Å². The highest BCUT2D eigenvalue weighted by molar-refractivity contribution is 5.58. The largest absolute Gasteiger partial charge is 0.507 e. The summed E-state index contributed by atoms with van der Waals surface area (Å²) in [6.07, 6.45) is 3.84. The molecule has 4 nitrogen and oxygen atoms in total. The van der Waals surface area contributed by atoms with Gasteiger partial charge in [0.05, 0.1) is 12.7 Å². The molecule has 2 aromatic carbocycles. The topological polar surface area (TPSA) is 69.9 Å². The minimum Gasteiger partial charge on any atom is -0.507 e. The number of para-hydroxylation sites is 2. The van der Waals surface area contributed by atoms with E-state index in [-0.39, 0.29) is 19.0 Å². The zero-order valence-electron chi connectivity index (χ0n) is 16.2. The maximum atomic E-state index is 10.6. The Bertz CT molecular complexity index is 822. The minimum absolute atomic E-state index is 0.177. The molecule has 0 saturated heterocycles. The number of benzene rings is 2. The summed E-state index contributed by atoms with van der Waals surface area (Å²) >= 11 is 0. The highest BCUT2D eigenvalue weighted by Crippen LogP contribution is 2.23.